The third-order valence-corrected chi connectivity index (χ3v) is 6.10. The molecule has 2 aliphatic heterocycles. The van der Waals surface area contributed by atoms with Crippen molar-refractivity contribution in [3.8, 4) is 0 Å². The van der Waals surface area contributed by atoms with E-state index in [2.05, 4.69) is 16.8 Å². The molecule has 146 valence electrons. The number of carbonyl (C=O) groups is 1. The Labute approximate surface area is 160 Å². The Balaban J connectivity index is 1.43. The van der Waals surface area contributed by atoms with Gasteiger partial charge in [0, 0.05) is 56.2 Å². The number of hydrogen-bond acceptors (Lipinski definition) is 5. The second-order valence-corrected chi connectivity index (χ2v) is 8.04. The van der Waals surface area contributed by atoms with Crippen LogP contribution in [-0.2, 0) is 0 Å². The van der Waals surface area contributed by atoms with Crippen LogP contribution in [0.1, 0.15) is 16.8 Å². The van der Waals surface area contributed by atoms with Gasteiger partial charge in [-0.3, -0.25) is 4.79 Å². The molecule has 2 aliphatic rings. The topological polar surface area (TPSA) is 60.2 Å². The van der Waals surface area contributed by atoms with E-state index in [4.69, 9.17) is 4.42 Å². The molecule has 1 aromatic heterocycles. The highest BCUT2D eigenvalue weighted by Crippen LogP contribution is 2.27. The number of amides is 1. The quantitative estimate of drug-likeness (QED) is 0.887. The lowest BCUT2D eigenvalue weighted by atomic mass is 9.96. The molecule has 0 aliphatic carbocycles. The van der Waals surface area contributed by atoms with Gasteiger partial charge in [0.25, 0.3) is 5.91 Å². The van der Waals surface area contributed by atoms with E-state index >= 15 is 0 Å². The molecule has 0 unspecified atom stereocenters. The van der Waals surface area contributed by atoms with E-state index < -0.39 is 0 Å². The molecule has 2 aromatic rings. The minimum absolute atomic E-state index is 0.0506. The number of carbonyl (C=O) groups excluding carboxylic acids is 1. The number of likely N-dealkylation sites (N-methyl/N-ethyl adjacent to an activating group) is 1. The summed E-state index contributed by atoms with van der Waals surface area (Å²) in [5.74, 6) is 0.544. The third-order valence-electron chi connectivity index (χ3n) is 6.10. The first kappa shape index (κ1) is 18.5. The summed E-state index contributed by atoms with van der Waals surface area (Å²) < 4.78 is 5.37. The summed E-state index contributed by atoms with van der Waals surface area (Å²) in [6.07, 6.45) is 2.82. The minimum atomic E-state index is 0.0506. The van der Waals surface area contributed by atoms with E-state index in [1.807, 2.05) is 29.2 Å². The van der Waals surface area contributed by atoms with Gasteiger partial charge in [-0.25, -0.2) is 0 Å². The second-order valence-electron chi connectivity index (χ2n) is 8.04. The lowest BCUT2D eigenvalue weighted by Gasteiger charge is -2.26. The lowest BCUT2D eigenvalue weighted by molar-refractivity contribution is 0.0779. The van der Waals surface area contributed by atoms with Crippen molar-refractivity contribution in [1.82, 2.24) is 14.7 Å². The number of aliphatic hydroxyl groups excluding tert-OH is 1. The van der Waals surface area contributed by atoms with Crippen molar-refractivity contribution in [2.75, 3.05) is 59.5 Å². The summed E-state index contributed by atoms with van der Waals surface area (Å²) in [6.45, 7) is 6.86. The minimum Gasteiger partial charge on any atom is -0.464 e. The molecule has 2 atom stereocenters. The smallest absolute Gasteiger partial charge is 0.253 e. The third kappa shape index (κ3) is 4.03. The Morgan fingerprint density at radius 1 is 1.15 bits per heavy atom. The van der Waals surface area contributed by atoms with Crippen LogP contribution in [-0.4, -0.2) is 85.2 Å². The molecule has 6 nitrogen and oxygen atoms in total. The van der Waals surface area contributed by atoms with Crippen molar-refractivity contribution in [3.63, 3.8) is 0 Å². The van der Waals surface area contributed by atoms with Crippen LogP contribution in [0.2, 0.25) is 0 Å². The second kappa shape index (κ2) is 8.00. The maximum absolute atomic E-state index is 13.0. The van der Waals surface area contributed by atoms with Gasteiger partial charge in [-0.1, -0.05) is 0 Å². The average molecular weight is 371 g/mol. The number of furan rings is 1. The molecular formula is C21H29N3O3. The fourth-order valence-corrected chi connectivity index (χ4v) is 4.41. The van der Waals surface area contributed by atoms with Crippen LogP contribution in [0.15, 0.2) is 34.9 Å². The Morgan fingerprint density at radius 2 is 2.00 bits per heavy atom. The first-order chi connectivity index (χ1) is 13.1. The fourth-order valence-electron chi connectivity index (χ4n) is 4.41. The predicted octanol–water partition coefficient (Wildman–Crippen LogP) is 1.75. The highest BCUT2D eigenvalue weighted by Gasteiger charge is 2.36. The van der Waals surface area contributed by atoms with Crippen molar-refractivity contribution in [3.05, 3.63) is 36.1 Å². The SMILES string of the molecule is CN1CCCN(C[C@@H]2CN(C(=O)c3ccc4occc4c3)C[C@@H]2CO)CC1. The predicted molar refractivity (Wildman–Crippen MR) is 105 cm³/mol. The number of rotatable bonds is 4. The van der Waals surface area contributed by atoms with Crippen LogP contribution in [0.25, 0.3) is 11.0 Å². The number of hydrogen-bond donors (Lipinski definition) is 1. The van der Waals surface area contributed by atoms with Crippen molar-refractivity contribution >= 4 is 16.9 Å². The lowest BCUT2D eigenvalue weighted by Crippen LogP contribution is -2.36. The molecule has 0 radical (unpaired) electrons. The summed E-state index contributed by atoms with van der Waals surface area (Å²) in [6, 6.07) is 7.46. The molecule has 2 saturated heterocycles. The Kier molecular flexibility index (Phi) is 5.48. The van der Waals surface area contributed by atoms with E-state index in [0.717, 1.165) is 50.2 Å². The van der Waals surface area contributed by atoms with Crippen molar-refractivity contribution in [2.45, 2.75) is 6.42 Å². The molecule has 1 aromatic carbocycles. The number of nitrogens with zero attached hydrogens (tertiary/aromatic N) is 3. The Hall–Kier alpha value is -1.89. The van der Waals surface area contributed by atoms with E-state index in [-0.39, 0.29) is 18.4 Å². The standard InChI is InChI=1S/C21H29N3O3/c1-22-6-2-7-23(9-8-22)12-18-13-24(14-19(18)15-25)21(26)17-3-4-20-16(11-17)5-10-27-20/h3-5,10-11,18-19,25H,2,6-9,12-15H2,1H3/t18-,19-/m1/s1. The normalized spacial score (nSPS) is 25.2. The summed E-state index contributed by atoms with van der Waals surface area (Å²) in [5, 5.41) is 10.8. The van der Waals surface area contributed by atoms with Crippen LogP contribution in [0.5, 0.6) is 0 Å². The molecule has 4 rings (SSSR count). The van der Waals surface area contributed by atoms with Gasteiger partial charge in [0.2, 0.25) is 0 Å². The van der Waals surface area contributed by atoms with Crippen molar-refractivity contribution < 1.29 is 14.3 Å². The van der Waals surface area contributed by atoms with Gasteiger partial charge < -0.3 is 24.2 Å². The number of benzene rings is 1. The van der Waals surface area contributed by atoms with Crippen LogP contribution in [0.4, 0.5) is 0 Å². The Morgan fingerprint density at radius 3 is 2.85 bits per heavy atom. The summed E-state index contributed by atoms with van der Waals surface area (Å²) >= 11 is 0. The zero-order valence-corrected chi connectivity index (χ0v) is 16.0. The fraction of sp³-hybridized carbons (Fsp3) is 0.571. The van der Waals surface area contributed by atoms with Crippen LogP contribution in [0, 0.1) is 11.8 Å². The molecule has 0 spiro atoms. The largest absolute Gasteiger partial charge is 0.464 e. The van der Waals surface area contributed by atoms with Gasteiger partial charge in [-0.15, -0.1) is 0 Å². The molecule has 0 saturated carbocycles. The van der Waals surface area contributed by atoms with Crippen LogP contribution in [0.3, 0.4) is 0 Å². The zero-order valence-electron chi connectivity index (χ0n) is 16.0. The van der Waals surface area contributed by atoms with E-state index in [1.54, 1.807) is 6.26 Å². The van der Waals surface area contributed by atoms with Crippen molar-refractivity contribution in [2.24, 2.45) is 11.8 Å². The molecule has 1 amide bonds. The van der Waals surface area contributed by atoms with E-state index in [1.165, 1.54) is 6.42 Å². The summed E-state index contributed by atoms with van der Waals surface area (Å²) in [7, 11) is 2.17. The van der Waals surface area contributed by atoms with Gasteiger partial charge in [-0.2, -0.15) is 0 Å². The summed E-state index contributed by atoms with van der Waals surface area (Å²) in [4.78, 5) is 19.8. The van der Waals surface area contributed by atoms with Gasteiger partial charge in [0.15, 0.2) is 0 Å². The molecular weight excluding hydrogens is 342 g/mol. The highest BCUT2D eigenvalue weighted by molar-refractivity contribution is 5.97. The molecule has 0 bridgehead atoms. The molecule has 1 N–H and O–H groups in total. The first-order valence-corrected chi connectivity index (χ1v) is 9.92. The van der Waals surface area contributed by atoms with Crippen LogP contribution < -0.4 is 0 Å². The maximum Gasteiger partial charge on any atom is 0.253 e. The zero-order chi connectivity index (χ0) is 18.8. The first-order valence-electron chi connectivity index (χ1n) is 9.92. The maximum atomic E-state index is 13.0. The van der Waals surface area contributed by atoms with Gasteiger partial charge >= 0.3 is 0 Å². The number of aliphatic hydroxyl groups is 1. The molecule has 3 heterocycles. The molecule has 6 heteroatoms. The Bertz CT molecular complexity index is 790. The van der Waals surface area contributed by atoms with E-state index in [9.17, 15) is 9.90 Å². The highest BCUT2D eigenvalue weighted by atomic mass is 16.3. The van der Waals surface area contributed by atoms with E-state index in [0.29, 0.717) is 18.0 Å². The number of fused-ring (bicyclic) bond motifs is 1. The molecule has 2 fully saturated rings. The number of likely N-dealkylation sites (tertiary alicyclic amines) is 1. The monoisotopic (exact) mass is 371 g/mol. The van der Waals surface area contributed by atoms with Crippen LogP contribution >= 0.6 is 0 Å². The summed E-state index contributed by atoms with van der Waals surface area (Å²) in [5.41, 5.74) is 1.49. The van der Waals surface area contributed by atoms with Gasteiger partial charge in [0.1, 0.15) is 5.58 Å². The average Bonchev–Trinajstić information content (AvgIpc) is 3.25. The molecule has 27 heavy (non-hydrogen) atoms. The van der Waals surface area contributed by atoms with Gasteiger partial charge in [0.05, 0.1) is 6.26 Å². The van der Waals surface area contributed by atoms with Crippen molar-refractivity contribution in [1.29, 1.82) is 0 Å². The van der Waals surface area contributed by atoms with Gasteiger partial charge in [-0.05, 0) is 56.7 Å².